The van der Waals surface area contributed by atoms with Crippen molar-refractivity contribution < 1.29 is 13.6 Å². The first kappa shape index (κ1) is 22.4. The number of carbonyl (C=O) groups is 1. The van der Waals surface area contributed by atoms with E-state index in [4.69, 9.17) is 0 Å². The molecule has 3 aromatic heterocycles. The highest BCUT2D eigenvalue weighted by molar-refractivity contribution is 5.89. The fourth-order valence-corrected chi connectivity index (χ4v) is 4.85. The van der Waals surface area contributed by atoms with Gasteiger partial charge >= 0.3 is 6.03 Å². The van der Waals surface area contributed by atoms with Crippen molar-refractivity contribution in [2.24, 2.45) is 7.05 Å². The summed E-state index contributed by atoms with van der Waals surface area (Å²) in [6.45, 7) is 2.05. The monoisotopic (exact) mass is 470 g/mol. The molecule has 1 saturated carbocycles. The van der Waals surface area contributed by atoms with Crippen molar-refractivity contribution in [2.45, 2.75) is 56.8 Å². The van der Waals surface area contributed by atoms with E-state index in [1.807, 2.05) is 12.1 Å². The fourth-order valence-electron chi connectivity index (χ4n) is 4.85. The molecule has 3 aromatic rings. The molecule has 5 rings (SSSR count). The molecule has 2 N–H and O–H groups in total. The van der Waals surface area contributed by atoms with Crippen LogP contribution in [0.4, 0.5) is 19.4 Å². The molecule has 0 spiro atoms. The van der Waals surface area contributed by atoms with Crippen LogP contribution in [0, 0.1) is 5.82 Å². The number of fused-ring (bicyclic) bond motifs is 1. The second-order valence-corrected chi connectivity index (χ2v) is 9.48. The maximum atomic E-state index is 14.6. The van der Waals surface area contributed by atoms with Crippen LogP contribution in [0.1, 0.15) is 39.0 Å². The molecule has 180 valence electrons. The van der Waals surface area contributed by atoms with E-state index in [1.165, 1.54) is 11.8 Å². The molecule has 0 bridgehead atoms. The smallest absolute Gasteiger partial charge is 0.317 e. The van der Waals surface area contributed by atoms with Crippen LogP contribution >= 0.6 is 0 Å². The maximum absolute atomic E-state index is 14.6. The number of hydrogen-bond donors (Lipinski definition) is 2. The molecule has 4 heterocycles. The van der Waals surface area contributed by atoms with E-state index >= 15 is 0 Å². The third kappa shape index (κ3) is 4.51. The van der Waals surface area contributed by atoms with E-state index in [0.717, 1.165) is 30.8 Å². The molecular formula is C23H28F2N8O. The highest BCUT2D eigenvalue weighted by atomic mass is 19.1. The quantitative estimate of drug-likeness (QED) is 0.606. The molecule has 2 amide bonds. The third-order valence-electron chi connectivity index (χ3n) is 6.61. The van der Waals surface area contributed by atoms with Crippen LogP contribution < -0.4 is 10.6 Å². The standard InChI is InChI=1S/C23H28F2N8O/c1-23(25)8-10-33(13-23)22(34)29-15-6-3-5-14(11-15)28-19-17(24)12-27-20(30-19)18-16-7-4-9-26-21(16)32(2)31-18/h4,7,9,12,14-15H,3,5-6,8,10-11,13H2,1-2H3,(H,29,34)(H,27,28,30)/t14?,15-,23?/m1/s1. The molecule has 1 saturated heterocycles. The van der Waals surface area contributed by atoms with Crippen molar-refractivity contribution in [3.8, 4) is 11.5 Å². The first-order valence-electron chi connectivity index (χ1n) is 11.6. The molecule has 0 radical (unpaired) electrons. The van der Waals surface area contributed by atoms with E-state index in [0.29, 0.717) is 36.6 Å². The van der Waals surface area contributed by atoms with Gasteiger partial charge in [-0.2, -0.15) is 5.10 Å². The summed E-state index contributed by atoms with van der Waals surface area (Å²) in [5, 5.41) is 11.5. The van der Waals surface area contributed by atoms with Crippen molar-refractivity contribution in [1.82, 2.24) is 34.9 Å². The number of aryl methyl sites for hydroxylation is 1. The van der Waals surface area contributed by atoms with Gasteiger partial charge in [0.1, 0.15) is 11.4 Å². The van der Waals surface area contributed by atoms with E-state index in [2.05, 4.69) is 30.7 Å². The van der Waals surface area contributed by atoms with Gasteiger partial charge in [-0.05, 0) is 44.7 Å². The van der Waals surface area contributed by atoms with Crippen molar-refractivity contribution in [3.63, 3.8) is 0 Å². The normalized spacial score (nSPS) is 25.0. The minimum absolute atomic E-state index is 0.0662. The summed E-state index contributed by atoms with van der Waals surface area (Å²) in [4.78, 5) is 27.0. The molecule has 9 nitrogen and oxygen atoms in total. The van der Waals surface area contributed by atoms with Crippen LogP contribution in [0.3, 0.4) is 0 Å². The average Bonchev–Trinajstić information content (AvgIpc) is 3.35. The molecule has 0 aromatic carbocycles. The van der Waals surface area contributed by atoms with Crippen molar-refractivity contribution in [2.75, 3.05) is 18.4 Å². The number of urea groups is 1. The Hall–Kier alpha value is -3.37. The summed E-state index contributed by atoms with van der Waals surface area (Å²) in [7, 11) is 1.79. The number of alkyl halides is 1. The average molecular weight is 471 g/mol. The Balaban J connectivity index is 1.28. The minimum atomic E-state index is -1.33. The second-order valence-electron chi connectivity index (χ2n) is 9.48. The topological polar surface area (TPSA) is 101 Å². The third-order valence-corrected chi connectivity index (χ3v) is 6.61. The van der Waals surface area contributed by atoms with Crippen molar-refractivity contribution in [3.05, 3.63) is 30.3 Å². The van der Waals surface area contributed by atoms with E-state index in [1.54, 1.807) is 17.9 Å². The molecule has 11 heteroatoms. The van der Waals surface area contributed by atoms with Crippen molar-refractivity contribution in [1.29, 1.82) is 0 Å². The van der Waals surface area contributed by atoms with Gasteiger partial charge in [-0.15, -0.1) is 0 Å². The molecule has 2 aliphatic rings. The number of halogens is 2. The first-order valence-corrected chi connectivity index (χ1v) is 11.6. The SMILES string of the molecule is Cn1nc(-c2ncc(F)c(NC3CCC[C@@H](NC(=O)N4CCC(C)(F)C4)C3)n2)c2cccnc21. The van der Waals surface area contributed by atoms with Crippen LogP contribution in [-0.4, -0.2) is 66.5 Å². The highest BCUT2D eigenvalue weighted by Gasteiger charge is 2.37. The maximum Gasteiger partial charge on any atom is 0.317 e. The lowest BCUT2D eigenvalue weighted by Crippen LogP contribution is -2.47. The fraction of sp³-hybridized carbons (Fsp3) is 0.522. The van der Waals surface area contributed by atoms with Gasteiger partial charge in [0.25, 0.3) is 0 Å². The zero-order valence-electron chi connectivity index (χ0n) is 19.3. The van der Waals surface area contributed by atoms with Gasteiger partial charge in [-0.3, -0.25) is 0 Å². The van der Waals surface area contributed by atoms with Gasteiger partial charge in [-0.25, -0.2) is 33.2 Å². The Morgan fingerprint density at radius 2 is 2.09 bits per heavy atom. The molecule has 2 unspecified atom stereocenters. The lowest BCUT2D eigenvalue weighted by Gasteiger charge is -2.32. The first-order chi connectivity index (χ1) is 16.3. The zero-order valence-corrected chi connectivity index (χ0v) is 19.3. The second kappa shape index (κ2) is 8.77. The summed E-state index contributed by atoms with van der Waals surface area (Å²) >= 11 is 0. The number of rotatable bonds is 4. The Morgan fingerprint density at radius 1 is 1.26 bits per heavy atom. The van der Waals surface area contributed by atoms with Gasteiger partial charge in [0.15, 0.2) is 23.1 Å². The number of amides is 2. The Morgan fingerprint density at radius 3 is 2.88 bits per heavy atom. The molecular weight excluding hydrogens is 442 g/mol. The zero-order chi connectivity index (χ0) is 23.9. The van der Waals surface area contributed by atoms with E-state index < -0.39 is 11.5 Å². The molecule has 2 fully saturated rings. The minimum Gasteiger partial charge on any atom is -0.365 e. The Kier molecular flexibility index (Phi) is 5.78. The number of pyridine rings is 1. The van der Waals surface area contributed by atoms with Gasteiger partial charge in [-0.1, -0.05) is 0 Å². The number of likely N-dealkylation sites (tertiary alicyclic amines) is 1. The largest absolute Gasteiger partial charge is 0.365 e. The Bertz CT molecular complexity index is 1210. The highest BCUT2D eigenvalue weighted by Crippen LogP contribution is 2.28. The Labute approximate surface area is 196 Å². The van der Waals surface area contributed by atoms with Crippen LogP contribution in [0.2, 0.25) is 0 Å². The predicted molar refractivity (Wildman–Crippen MR) is 123 cm³/mol. The van der Waals surface area contributed by atoms with Gasteiger partial charge < -0.3 is 15.5 Å². The summed E-state index contributed by atoms with van der Waals surface area (Å²) in [5.41, 5.74) is -0.101. The van der Waals surface area contributed by atoms with Crippen LogP contribution in [-0.2, 0) is 7.05 Å². The number of hydrogen-bond acceptors (Lipinski definition) is 6. The van der Waals surface area contributed by atoms with Gasteiger partial charge in [0.05, 0.1) is 18.1 Å². The lowest BCUT2D eigenvalue weighted by molar-refractivity contribution is 0.174. The lowest BCUT2D eigenvalue weighted by atomic mass is 9.91. The van der Waals surface area contributed by atoms with Crippen LogP contribution in [0.25, 0.3) is 22.6 Å². The number of nitrogens with one attached hydrogen (secondary N) is 2. The van der Waals surface area contributed by atoms with Crippen molar-refractivity contribution >= 4 is 22.9 Å². The summed E-state index contributed by atoms with van der Waals surface area (Å²) < 4.78 is 30.3. The van der Waals surface area contributed by atoms with Crippen LogP contribution in [0.15, 0.2) is 24.5 Å². The number of nitrogens with zero attached hydrogens (tertiary/aromatic N) is 6. The summed E-state index contributed by atoms with van der Waals surface area (Å²) in [6.07, 6.45) is 6.34. The molecule has 1 aliphatic heterocycles. The van der Waals surface area contributed by atoms with Crippen LogP contribution in [0.5, 0.6) is 0 Å². The van der Waals surface area contributed by atoms with Gasteiger partial charge in [0, 0.05) is 38.3 Å². The summed E-state index contributed by atoms with van der Waals surface area (Å²) in [6, 6.07) is 3.31. The molecule has 3 atom stereocenters. The van der Waals surface area contributed by atoms with E-state index in [-0.39, 0.29) is 30.5 Å². The predicted octanol–water partition coefficient (Wildman–Crippen LogP) is 3.43. The number of carbonyl (C=O) groups excluding carboxylic acids is 1. The van der Waals surface area contributed by atoms with Gasteiger partial charge in [0.2, 0.25) is 0 Å². The molecule has 34 heavy (non-hydrogen) atoms. The van der Waals surface area contributed by atoms with E-state index in [9.17, 15) is 13.6 Å². The number of aromatic nitrogens is 5. The molecule has 1 aliphatic carbocycles. The number of anilines is 1. The summed E-state index contributed by atoms with van der Waals surface area (Å²) in [5.74, 6) is -0.128.